The van der Waals surface area contributed by atoms with Crippen molar-refractivity contribution >= 4 is 23.6 Å². The molecule has 0 aromatic heterocycles. The van der Waals surface area contributed by atoms with Gasteiger partial charge in [-0.2, -0.15) is 0 Å². The topological polar surface area (TPSA) is 71.1 Å². The Labute approximate surface area is 187 Å². The number of rotatable bonds is 5. The van der Waals surface area contributed by atoms with Gasteiger partial charge in [0, 0.05) is 38.3 Å². The van der Waals surface area contributed by atoms with E-state index in [-0.39, 0.29) is 23.4 Å². The van der Waals surface area contributed by atoms with Gasteiger partial charge in [0.05, 0.1) is 18.2 Å². The maximum absolute atomic E-state index is 14.2. The molecule has 172 valence electrons. The third-order valence-corrected chi connectivity index (χ3v) is 5.72. The van der Waals surface area contributed by atoms with Gasteiger partial charge in [-0.05, 0) is 39.2 Å². The molecule has 0 unspecified atom stereocenters. The molecule has 1 N–H and O–H groups in total. The van der Waals surface area contributed by atoms with Gasteiger partial charge >= 0.3 is 6.09 Å². The Balaban J connectivity index is 1.67. The zero-order valence-electron chi connectivity index (χ0n) is 18.3. The van der Waals surface area contributed by atoms with E-state index in [0.29, 0.717) is 31.7 Å². The van der Waals surface area contributed by atoms with Crippen molar-refractivity contribution in [3.8, 4) is 0 Å². The number of hydrogen-bond acceptors (Lipinski definition) is 5. The van der Waals surface area contributed by atoms with Crippen molar-refractivity contribution in [3.63, 3.8) is 0 Å². The van der Waals surface area contributed by atoms with Crippen molar-refractivity contribution in [1.82, 2.24) is 15.1 Å². The lowest BCUT2D eigenvalue weighted by Crippen LogP contribution is -2.47. The van der Waals surface area contributed by atoms with Gasteiger partial charge in [-0.1, -0.05) is 23.7 Å². The van der Waals surface area contributed by atoms with Gasteiger partial charge < -0.3 is 14.8 Å². The largest absolute Gasteiger partial charge is 0.444 e. The number of ether oxygens (including phenoxy) is 2. The van der Waals surface area contributed by atoms with Crippen LogP contribution in [0.1, 0.15) is 32.8 Å². The number of nitrogens with zero attached hydrogens (tertiary/aromatic N) is 2. The first kappa shape index (κ1) is 23.8. The number of halogens is 2. The van der Waals surface area contributed by atoms with E-state index in [9.17, 15) is 14.0 Å². The number of benzene rings is 1. The SMILES string of the molecule is CC(C)(C)OC(=O)N1C[C@H](CN2CCOCC2)C[C@H]1C(=O)NCc1cccc(Cl)c1F. The third-order valence-electron chi connectivity index (χ3n) is 5.42. The summed E-state index contributed by atoms with van der Waals surface area (Å²) in [5.41, 5.74) is -0.364. The number of carbonyl (C=O) groups excluding carboxylic acids is 2. The molecule has 2 amide bonds. The van der Waals surface area contributed by atoms with Gasteiger partial charge in [-0.15, -0.1) is 0 Å². The molecule has 0 bridgehead atoms. The highest BCUT2D eigenvalue weighted by Crippen LogP contribution is 2.27. The predicted octanol–water partition coefficient (Wildman–Crippen LogP) is 3.05. The third kappa shape index (κ3) is 6.54. The highest BCUT2D eigenvalue weighted by atomic mass is 35.5. The molecule has 2 aliphatic rings. The quantitative estimate of drug-likeness (QED) is 0.738. The molecule has 0 radical (unpaired) electrons. The molecule has 0 spiro atoms. The van der Waals surface area contributed by atoms with Gasteiger partial charge in [0.25, 0.3) is 0 Å². The van der Waals surface area contributed by atoms with E-state index in [1.807, 2.05) is 0 Å². The van der Waals surface area contributed by atoms with Crippen molar-refractivity contribution in [3.05, 3.63) is 34.6 Å². The van der Waals surface area contributed by atoms with Crippen LogP contribution in [-0.2, 0) is 20.8 Å². The molecule has 2 atom stereocenters. The van der Waals surface area contributed by atoms with Gasteiger partial charge in [-0.3, -0.25) is 14.6 Å². The minimum Gasteiger partial charge on any atom is -0.444 e. The van der Waals surface area contributed by atoms with Crippen LogP contribution in [0, 0.1) is 11.7 Å². The molecule has 1 aromatic rings. The first-order valence-electron chi connectivity index (χ1n) is 10.6. The van der Waals surface area contributed by atoms with E-state index in [0.717, 1.165) is 19.6 Å². The lowest BCUT2D eigenvalue weighted by atomic mass is 10.0. The molecule has 2 fully saturated rings. The van der Waals surface area contributed by atoms with Gasteiger partial charge in [0.2, 0.25) is 5.91 Å². The highest BCUT2D eigenvalue weighted by Gasteiger charge is 2.42. The van der Waals surface area contributed by atoms with Crippen LogP contribution < -0.4 is 5.32 Å². The fourth-order valence-electron chi connectivity index (χ4n) is 3.96. The fourth-order valence-corrected chi connectivity index (χ4v) is 4.15. The van der Waals surface area contributed by atoms with Crippen molar-refractivity contribution in [2.75, 3.05) is 39.4 Å². The summed E-state index contributed by atoms with van der Waals surface area (Å²) in [7, 11) is 0. The Morgan fingerprint density at radius 1 is 1.29 bits per heavy atom. The molecule has 2 aliphatic heterocycles. The first-order chi connectivity index (χ1) is 14.6. The van der Waals surface area contributed by atoms with Crippen LogP contribution in [0.15, 0.2) is 18.2 Å². The molecule has 1 aromatic carbocycles. The second-order valence-corrected chi connectivity index (χ2v) is 9.50. The van der Waals surface area contributed by atoms with Crippen molar-refractivity contribution in [2.45, 2.75) is 45.4 Å². The Morgan fingerprint density at radius 2 is 2.00 bits per heavy atom. The molecule has 7 nitrogen and oxygen atoms in total. The smallest absolute Gasteiger partial charge is 0.410 e. The predicted molar refractivity (Wildman–Crippen MR) is 115 cm³/mol. The number of morpholine rings is 1. The van der Waals surface area contributed by atoms with Crippen molar-refractivity contribution in [2.24, 2.45) is 5.92 Å². The van der Waals surface area contributed by atoms with E-state index < -0.39 is 23.6 Å². The van der Waals surface area contributed by atoms with E-state index in [1.165, 1.54) is 11.0 Å². The minimum absolute atomic E-state index is 0.00197. The van der Waals surface area contributed by atoms with Gasteiger partial charge in [0.15, 0.2) is 0 Å². The van der Waals surface area contributed by atoms with E-state index >= 15 is 0 Å². The molecule has 0 saturated carbocycles. The minimum atomic E-state index is -0.664. The van der Waals surface area contributed by atoms with E-state index in [2.05, 4.69) is 10.2 Å². The van der Waals surface area contributed by atoms with Crippen LogP contribution in [0.2, 0.25) is 5.02 Å². The van der Waals surface area contributed by atoms with Crippen LogP contribution in [-0.4, -0.2) is 72.8 Å². The van der Waals surface area contributed by atoms with Crippen LogP contribution in [0.3, 0.4) is 0 Å². The lowest BCUT2D eigenvalue weighted by Gasteiger charge is -2.29. The zero-order valence-corrected chi connectivity index (χ0v) is 19.1. The molecule has 9 heteroatoms. The number of amides is 2. The van der Waals surface area contributed by atoms with Crippen molar-refractivity contribution in [1.29, 1.82) is 0 Å². The summed E-state index contributed by atoms with van der Waals surface area (Å²) < 4.78 is 25.1. The normalized spacial score (nSPS) is 22.4. The fraction of sp³-hybridized carbons (Fsp3) is 0.636. The number of likely N-dealkylation sites (tertiary alicyclic amines) is 1. The maximum atomic E-state index is 14.2. The summed E-state index contributed by atoms with van der Waals surface area (Å²) in [5, 5.41) is 2.77. The summed E-state index contributed by atoms with van der Waals surface area (Å²) in [4.78, 5) is 29.6. The summed E-state index contributed by atoms with van der Waals surface area (Å²) in [6.45, 7) is 9.68. The van der Waals surface area contributed by atoms with Crippen LogP contribution in [0.25, 0.3) is 0 Å². The van der Waals surface area contributed by atoms with E-state index in [4.69, 9.17) is 21.1 Å². The molecule has 31 heavy (non-hydrogen) atoms. The second-order valence-electron chi connectivity index (χ2n) is 9.09. The molecular weight excluding hydrogens is 425 g/mol. The average molecular weight is 456 g/mol. The molecular formula is C22H31ClFN3O4. The number of hydrogen-bond donors (Lipinski definition) is 1. The number of nitrogens with one attached hydrogen (secondary N) is 1. The Bertz CT molecular complexity index is 795. The number of carbonyl (C=O) groups is 2. The van der Waals surface area contributed by atoms with Gasteiger partial charge in [0.1, 0.15) is 17.5 Å². The Morgan fingerprint density at radius 3 is 2.68 bits per heavy atom. The molecule has 2 heterocycles. The molecule has 2 saturated heterocycles. The first-order valence-corrected chi connectivity index (χ1v) is 11.0. The van der Waals surface area contributed by atoms with Crippen LogP contribution >= 0.6 is 11.6 Å². The summed E-state index contributed by atoms with van der Waals surface area (Å²) in [6.07, 6.45) is 0.0200. The van der Waals surface area contributed by atoms with Crippen LogP contribution in [0.4, 0.5) is 9.18 Å². The molecule has 3 rings (SSSR count). The van der Waals surface area contributed by atoms with Crippen molar-refractivity contribution < 1.29 is 23.5 Å². The lowest BCUT2D eigenvalue weighted by molar-refractivity contribution is -0.125. The zero-order chi connectivity index (χ0) is 22.6. The Kier molecular flexibility index (Phi) is 7.78. The average Bonchev–Trinajstić information content (AvgIpc) is 3.12. The monoisotopic (exact) mass is 455 g/mol. The van der Waals surface area contributed by atoms with Gasteiger partial charge in [-0.25, -0.2) is 9.18 Å². The molecule has 0 aliphatic carbocycles. The summed E-state index contributed by atoms with van der Waals surface area (Å²) >= 11 is 5.82. The summed E-state index contributed by atoms with van der Waals surface area (Å²) in [6, 6.07) is 4.00. The standard InChI is InChI=1S/C22H31ClFN3O4/c1-22(2,3)31-21(29)27-14-15(13-26-7-9-30-10-8-26)11-18(27)20(28)25-12-16-5-4-6-17(23)19(16)24/h4-6,15,18H,7-14H2,1-3H3,(H,25,28)/t15-,18-/m0/s1. The van der Waals surface area contributed by atoms with Crippen LogP contribution in [0.5, 0.6) is 0 Å². The Hall–Kier alpha value is -1.90. The maximum Gasteiger partial charge on any atom is 0.410 e. The van der Waals surface area contributed by atoms with E-state index in [1.54, 1.807) is 32.9 Å². The summed E-state index contributed by atoms with van der Waals surface area (Å²) in [5.74, 6) is -0.732. The second kappa shape index (κ2) is 10.1. The highest BCUT2D eigenvalue weighted by molar-refractivity contribution is 6.30.